The average Bonchev–Trinajstić information content (AvgIpc) is 2.46. The number of methoxy groups -OCH3 is 2. The van der Waals surface area contributed by atoms with E-state index < -0.39 is 0 Å². The van der Waals surface area contributed by atoms with Crippen LogP contribution in [0.25, 0.3) is 0 Å². The number of halogens is 1. The van der Waals surface area contributed by atoms with Crippen LogP contribution in [0.2, 0.25) is 0 Å². The summed E-state index contributed by atoms with van der Waals surface area (Å²) in [6.45, 7) is 4.23. The van der Waals surface area contributed by atoms with Crippen molar-refractivity contribution >= 4 is 21.8 Å². The lowest BCUT2D eigenvalue weighted by Crippen LogP contribution is -2.39. The second-order valence-electron chi connectivity index (χ2n) is 5.26. The Morgan fingerprint density at radius 3 is 2.43 bits per heavy atom. The maximum absolute atomic E-state index is 12.2. The molecule has 0 bridgehead atoms. The van der Waals surface area contributed by atoms with Crippen LogP contribution in [0.3, 0.4) is 0 Å². The highest BCUT2D eigenvalue weighted by Gasteiger charge is 2.16. The standard InChI is InChI=1S/C16H24BrNO3/c1-11(2)13(7-8-17)18-16(19)10-12-5-6-14(20-3)15(9-12)21-4/h5-6,9,11,13H,7-8,10H2,1-4H3,(H,18,19). The number of rotatable bonds is 8. The lowest BCUT2D eigenvalue weighted by molar-refractivity contribution is -0.121. The molecule has 0 heterocycles. The zero-order valence-corrected chi connectivity index (χ0v) is 14.7. The Bertz CT molecular complexity index is 463. The molecule has 0 spiro atoms. The second-order valence-corrected chi connectivity index (χ2v) is 6.05. The van der Waals surface area contributed by atoms with Crippen molar-refractivity contribution < 1.29 is 14.3 Å². The van der Waals surface area contributed by atoms with Crippen molar-refractivity contribution in [2.24, 2.45) is 5.92 Å². The van der Waals surface area contributed by atoms with Crippen molar-refractivity contribution in [3.05, 3.63) is 23.8 Å². The van der Waals surface area contributed by atoms with Gasteiger partial charge in [0.25, 0.3) is 0 Å². The van der Waals surface area contributed by atoms with Crippen LogP contribution in [-0.4, -0.2) is 31.5 Å². The number of hydrogen-bond donors (Lipinski definition) is 1. The lowest BCUT2D eigenvalue weighted by atomic mass is 10.0. The van der Waals surface area contributed by atoms with Crippen LogP contribution in [0.4, 0.5) is 0 Å². The third-order valence-electron chi connectivity index (χ3n) is 3.38. The van der Waals surface area contributed by atoms with Crippen LogP contribution < -0.4 is 14.8 Å². The molecule has 0 saturated carbocycles. The lowest BCUT2D eigenvalue weighted by Gasteiger charge is -2.21. The maximum atomic E-state index is 12.2. The number of carbonyl (C=O) groups is 1. The van der Waals surface area contributed by atoms with Gasteiger partial charge in [0.2, 0.25) is 5.91 Å². The normalized spacial score (nSPS) is 12.1. The fourth-order valence-electron chi connectivity index (χ4n) is 2.12. The molecule has 0 aromatic heterocycles. The topological polar surface area (TPSA) is 47.6 Å². The number of nitrogens with one attached hydrogen (secondary N) is 1. The Morgan fingerprint density at radius 2 is 1.90 bits per heavy atom. The number of hydrogen-bond acceptors (Lipinski definition) is 3. The van der Waals surface area contributed by atoms with Crippen molar-refractivity contribution in [2.45, 2.75) is 32.7 Å². The molecule has 1 rings (SSSR count). The molecule has 0 radical (unpaired) electrons. The van der Waals surface area contributed by atoms with Gasteiger partial charge in [0.05, 0.1) is 20.6 Å². The Balaban J connectivity index is 2.70. The third kappa shape index (κ3) is 5.58. The van der Waals surface area contributed by atoms with Crippen molar-refractivity contribution in [1.29, 1.82) is 0 Å². The minimum absolute atomic E-state index is 0.0295. The minimum atomic E-state index is 0.0295. The van der Waals surface area contributed by atoms with Crippen LogP contribution >= 0.6 is 15.9 Å². The fourth-order valence-corrected chi connectivity index (χ4v) is 2.62. The van der Waals surface area contributed by atoms with Gasteiger partial charge in [0.15, 0.2) is 11.5 Å². The van der Waals surface area contributed by atoms with Gasteiger partial charge in [-0.1, -0.05) is 35.8 Å². The molecular formula is C16H24BrNO3. The smallest absolute Gasteiger partial charge is 0.224 e. The molecular weight excluding hydrogens is 334 g/mol. The molecule has 1 aromatic carbocycles. The molecule has 1 atom stereocenters. The van der Waals surface area contributed by atoms with Gasteiger partial charge in [0, 0.05) is 11.4 Å². The van der Waals surface area contributed by atoms with E-state index in [0.29, 0.717) is 23.8 Å². The number of alkyl halides is 1. The number of amides is 1. The molecule has 1 amide bonds. The summed E-state index contributed by atoms with van der Waals surface area (Å²) >= 11 is 3.43. The van der Waals surface area contributed by atoms with Crippen LogP contribution in [0, 0.1) is 5.92 Å². The van der Waals surface area contributed by atoms with Crippen LogP contribution in [-0.2, 0) is 11.2 Å². The second kappa shape index (κ2) is 8.93. The van der Waals surface area contributed by atoms with E-state index in [1.807, 2.05) is 18.2 Å². The molecule has 118 valence electrons. The Morgan fingerprint density at radius 1 is 1.24 bits per heavy atom. The molecule has 0 aliphatic carbocycles. The summed E-state index contributed by atoms with van der Waals surface area (Å²) < 4.78 is 10.4. The van der Waals surface area contributed by atoms with Gasteiger partial charge in [-0.25, -0.2) is 0 Å². The highest BCUT2D eigenvalue weighted by Crippen LogP contribution is 2.27. The predicted octanol–water partition coefficient (Wildman–Crippen LogP) is 3.17. The number of benzene rings is 1. The maximum Gasteiger partial charge on any atom is 0.224 e. The fraction of sp³-hybridized carbons (Fsp3) is 0.562. The van der Waals surface area contributed by atoms with Crippen LogP contribution in [0.5, 0.6) is 11.5 Å². The van der Waals surface area contributed by atoms with Crippen molar-refractivity contribution in [2.75, 3.05) is 19.5 Å². The van der Waals surface area contributed by atoms with Crippen molar-refractivity contribution in [3.63, 3.8) is 0 Å². The van der Waals surface area contributed by atoms with E-state index in [1.54, 1.807) is 14.2 Å². The molecule has 0 aliphatic rings. The van der Waals surface area contributed by atoms with Gasteiger partial charge in [-0.05, 0) is 30.0 Å². The zero-order chi connectivity index (χ0) is 15.8. The van der Waals surface area contributed by atoms with E-state index in [-0.39, 0.29) is 11.9 Å². The van der Waals surface area contributed by atoms with Crippen LogP contribution in [0.15, 0.2) is 18.2 Å². The quantitative estimate of drug-likeness (QED) is 0.726. The van der Waals surface area contributed by atoms with Gasteiger partial charge in [-0.3, -0.25) is 4.79 Å². The molecule has 0 aliphatic heterocycles. The van der Waals surface area contributed by atoms with Gasteiger partial charge < -0.3 is 14.8 Å². The molecule has 5 heteroatoms. The van der Waals surface area contributed by atoms with E-state index in [1.165, 1.54) is 0 Å². The van der Waals surface area contributed by atoms with Crippen molar-refractivity contribution in [3.8, 4) is 11.5 Å². The Labute approximate surface area is 135 Å². The van der Waals surface area contributed by atoms with Gasteiger partial charge in [0.1, 0.15) is 0 Å². The van der Waals surface area contributed by atoms with E-state index in [4.69, 9.17) is 9.47 Å². The number of carbonyl (C=O) groups excluding carboxylic acids is 1. The predicted molar refractivity (Wildman–Crippen MR) is 88.4 cm³/mol. The van der Waals surface area contributed by atoms with E-state index >= 15 is 0 Å². The Kier molecular flexibility index (Phi) is 7.57. The first-order chi connectivity index (χ1) is 10.0. The minimum Gasteiger partial charge on any atom is -0.493 e. The average molecular weight is 358 g/mol. The van der Waals surface area contributed by atoms with Gasteiger partial charge in [-0.15, -0.1) is 0 Å². The highest BCUT2D eigenvalue weighted by atomic mass is 79.9. The van der Waals surface area contributed by atoms with Gasteiger partial charge >= 0.3 is 0 Å². The Hall–Kier alpha value is -1.23. The first-order valence-corrected chi connectivity index (χ1v) is 8.20. The van der Waals surface area contributed by atoms with E-state index in [0.717, 1.165) is 17.3 Å². The largest absolute Gasteiger partial charge is 0.493 e. The van der Waals surface area contributed by atoms with E-state index in [2.05, 4.69) is 35.1 Å². The molecule has 4 nitrogen and oxygen atoms in total. The summed E-state index contributed by atoms with van der Waals surface area (Å²) in [5, 5.41) is 3.97. The molecule has 0 fully saturated rings. The molecule has 0 saturated heterocycles. The summed E-state index contributed by atoms with van der Waals surface area (Å²) in [5.41, 5.74) is 0.909. The summed E-state index contributed by atoms with van der Waals surface area (Å²) in [6.07, 6.45) is 1.27. The van der Waals surface area contributed by atoms with E-state index in [9.17, 15) is 4.79 Å². The van der Waals surface area contributed by atoms with Crippen molar-refractivity contribution in [1.82, 2.24) is 5.32 Å². The third-order valence-corrected chi connectivity index (χ3v) is 3.84. The summed E-state index contributed by atoms with van der Waals surface area (Å²) in [6, 6.07) is 5.74. The summed E-state index contributed by atoms with van der Waals surface area (Å²) in [4.78, 5) is 12.2. The first-order valence-electron chi connectivity index (χ1n) is 7.08. The van der Waals surface area contributed by atoms with Gasteiger partial charge in [-0.2, -0.15) is 0 Å². The SMILES string of the molecule is COc1ccc(CC(=O)NC(CCBr)C(C)C)cc1OC. The molecule has 21 heavy (non-hydrogen) atoms. The summed E-state index contributed by atoms with van der Waals surface area (Å²) in [5.74, 6) is 1.75. The van der Waals surface area contributed by atoms with Crippen LogP contribution in [0.1, 0.15) is 25.8 Å². The molecule has 1 N–H and O–H groups in total. The summed E-state index contributed by atoms with van der Waals surface area (Å²) in [7, 11) is 3.18. The number of ether oxygens (including phenoxy) is 2. The highest BCUT2D eigenvalue weighted by molar-refractivity contribution is 9.09. The molecule has 1 unspecified atom stereocenters. The zero-order valence-electron chi connectivity index (χ0n) is 13.1. The monoisotopic (exact) mass is 357 g/mol. The first kappa shape index (κ1) is 17.8. The molecule has 1 aromatic rings.